The molecule has 0 aliphatic heterocycles. The molecule has 4 heteroatoms. The van der Waals surface area contributed by atoms with Gasteiger partial charge in [0, 0.05) is 10.2 Å². The van der Waals surface area contributed by atoms with E-state index in [1.54, 1.807) is 0 Å². The van der Waals surface area contributed by atoms with Crippen LogP contribution in [0.3, 0.4) is 0 Å². The molecule has 1 aliphatic rings. The minimum atomic E-state index is -0.922. The average Bonchev–Trinajstić information content (AvgIpc) is 2.27. The third-order valence-electron chi connectivity index (χ3n) is 4.17. The zero-order valence-electron chi connectivity index (χ0n) is 13.2. The highest BCUT2D eigenvalue weighted by atomic mass is 79.9. The number of hydrogen-bond acceptors (Lipinski definition) is 2. The Morgan fingerprint density at radius 1 is 1.10 bits per heavy atom. The number of halogens is 1. The molecule has 2 N–H and O–H groups in total. The van der Waals surface area contributed by atoms with Crippen molar-refractivity contribution in [3.63, 3.8) is 0 Å². The third kappa shape index (κ3) is 3.60. The first-order valence-corrected chi connectivity index (χ1v) is 8.11. The monoisotopic (exact) mass is 353 g/mol. The Balaban J connectivity index is 2.42. The van der Waals surface area contributed by atoms with Crippen LogP contribution in [0.15, 0.2) is 28.7 Å². The van der Waals surface area contributed by atoms with Crippen LogP contribution in [-0.4, -0.2) is 16.6 Å². The van der Waals surface area contributed by atoms with Crippen molar-refractivity contribution in [2.24, 2.45) is 10.8 Å². The molecular formula is C17H24BrNO2. The highest BCUT2D eigenvalue weighted by Gasteiger charge is 2.52. The minimum Gasteiger partial charge on any atom is -0.480 e. The maximum Gasteiger partial charge on any atom is 0.329 e. The molecule has 0 spiro atoms. The summed E-state index contributed by atoms with van der Waals surface area (Å²) in [6.45, 7) is 8.64. The number of carboxylic acid groups (broad SMARTS) is 1. The molecule has 2 rings (SSSR count). The quantitative estimate of drug-likeness (QED) is 0.810. The summed E-state index contributed by atoms with van der Waals surface area (Å²) < 4.78 is 0.895. The molecule has 0 atom stereocenters. The van der Waals surface area contributed by atoms with E-state index in [2.05, 4.69) is 48.9 Å². The average molecular weight is 354 g/mol. The first-order valence-electron chi connectivity index (χ1n) is 7.32. The van der Waals surface area contributed by atoms with E-state index < -0.39 is 11.5 Å². The maximum absolute atomic E-state index is 12.1. The number of para-hydroxylation sites is 1. The van der Waals surface area contributed by atoms with Gasteiger partial charge < -0.3 is 10.4 Å². The maximum atomic E-state index is 12.1. The largest absolute Gasteiger partial charge is 0.480 e. The summed E-state index contributed by atoms with van der Waals surface area (Å²) in [6.07, 6.45) is 2.28. The Labute approximate surface area is 135 Å². The van der Waals surface area contributed by atoms with E-state index in [1.165, 1.54) is 0 Å². The summed E-state index contributed by atoms with van der Waals surface area (Å²) in [5, 5.41) is 13.3. The van der Waals surface area contributed by atoms with Crippen LogP contribution in [0.4, 0.5) is 5.69 Å². The first kappa shape index (κ1) is 16.3. The third-order valence-corrected chi connectivity index (χ3v) is 4.87. The fraction of sp³-hybridized carbons (Fsp3) is 0.588. The molecule has 0 unspecified atom stereocenters. The van der Waals surface area contributed by atoms with Crippen LogP contribution >= 0.6 is 15.9 Å². The van der Waals surface area contributed by atoms with Gasteiger partial charge in [-0.3, -0.25) is 0 Å². The van der Waals surface area contributed by atoms with Crippen molar-refractivity contribution in [1.29, 1.82) is 0 Å². The topological polar surface area (TPSA) is 49.3 Å². The van der Waals surface area contributed by atoms with Crippen LogP contribution in [0.2, 0.25) is 0 Å². The molecule has 0 aromatic heterocycles. The molecule has 1 fully saturated rings. The van der Waals surface area contributed by atoms with Crippen molar-refractivity contribution in [1.82, 2.24) is 0 Å². The van der Waals surface area contributed by atoms with Gasteiger partial charge in [-0.25, -0.2) is 4.79 Å². The van der Waals surface area contributed by atoms with E-state index >= 15 is 0 Å². The number of carbonyl (C=O) groups is 1. The van der Waals surface area contributed by atoms with Gasteiger partial charge in [0.2, 0.25) is 0 Å². The molecule has 3 nitrogen and oxygen atoms in total. The normalized spacial score (nSPS) is 22.5. The molecule has 116 valence electrons. The SMILES string of the molecule is CC1(C)CC(C)(C)CC(Nc2ccccc2Br)(C(=O)O)C1. The Morgan fingerprint density at radius 2 is 1.62 bits per heavy atom. The van der Waals surface area contributed by atoms with E-state index in [9.17, 15) is 9.90 Å². The summed E-state index contributed by atoms with van der Waals surface area (Å²) in [6, 6.07) is 7.69. The predicted octanol–water partition coefficient (Wildman–Crippen LogP) is 4.92. The van der Waals surface area contributed by atoms with E-state index in [4.69, 9.17) is 0 Å². The second-order valence-electron chi connectivity index (χ2n) is 7.85. The van der Waals surface area contributed by atoms with E-state index in [0.717, 1.165) is 16.6 Å². The van der Waals surface area contributed by atoms with Gasteiger partial charge in [-0.1, -0.05) is 39.8 Å². The Bertz CT molecular complexity index is 535. The van der Waals surface area contributed by atoms with Crippen molar-refractivity contribution in [2.75, 3.05) is 5.32 Å². The van der Waals surface area contributed by atoms with Crippen LogP contribution < -0.4 is 5.32 Å². The summed E-state index contributed by atoms with van der Waals surface area (Å²) >= 11 is 3.50. The molecule has 1 aromatic rings. The number of benzene rings is 1. The van der Waals surface area contributed by atoms with E-state index in [-0.39, 0.29) is 10.8 Å². The fourth-order valence-corrected chi connectivity index (χ4v) is 4.61. The number of nitrogens with one attached hydrogen (secondary N) is 1. The van der Waals surface area contributed by atoms with Crippen LogP contribution in [0.5, 0.6) is 0 Å². The predicted molar refractivity (Wildman–Crippen MR) is 89.5 cm³/mol. The molecule has 0 bridgehead atoms. The molecular weight excluding hydrogens is 330 g/mol. The highest BCUT2D eigenvalue weighted by molar-refractivity contribution is 9.10. The molecule has 1 aliphatic carbocycles. The Kier molecular flexibility index (Phi) is 4.13. The first-order chi connectivity index (χ1) is 9.55. The molecule has 0 saturated heterocycles. The Hall–Kier alpha value is -1.03. The molecule has 0 radical (unpaired) electrons. The second kappa shape index (κ2) is 5.31. The van der Waals surface area contributed by atoms with Crippen molar-refractivity contribution in [3.8, 4) is 0 Å². The minimum absolute atomic E-state index is 0.00556. The van der Waals surface area contributed by atoms with Crippen LogP contribution in [-0.2, 0) is 4.79 Å². The van der Waals surface area contributed by atoms with Gasteiger partial charge >= 0.3 is 5.97 Å². The van der Waals surface area contributed by atoms with Crippen LogP contribution in [0.1, 0.15) is 47.0 Å². The zero-order chi connectivity index (χ0) is 15.9. The lowest BCUT2D eigenvalue weighted by molar-refractivity contribution is -0.147. The molecule has 0 amide bonds. The van der Waals surface area contributed by atoms with Crippen molar-refractivity contribution < 1.29 is 9.90 Å². The van der Waals surface area contributed by atoms with Crippen LogP contribution in [0, 0.1) is 10.8 Å². The number of carboxylic acids is 1. The lowest BCUT2D eigenvalue weighted by atomic mass is 9.58. The molecule has 1 saturated carbocycles. The van der Waals surface area contributed by atoms with Gasteiger partial charge in [0.25, 0.3) is 0 Å². The zero-order valence-corrected chi connectivity index (χ0v) is 14.8. The molecule has 21 heavy (non-hydrogen) atoms. The number of hydrogen-bond donors (Lipinski definition) is 2. The summed E-state index contributed by atoms with van der Waals surface area (Å²) in [5.41, 5.74) is -0.0915. The van der Waals surface area contributed by atoms with Gasteiger partial charge in [0.1, 0.15) is 5.54 Å². The summed E-state index contributed by atoms with van der Waals surface area (Å²) in [4.78, 5) is 12.1. The van der Waals surface area contributed by atoms with Crippen LogP contribution in [0.25, 0.3) is 0 Å². The summed E-state index contributed by atoms with van der Waals surface area (Å²) in [7, 11) is 0. The molecule has 0 heterocycles. The summed E-state index contributed by atoms with van der Waals surface area (Å²) in [5.74, 6) is -0.765. The number of anilines is 1. The van der Waals surface area contributed by atoms with Gasteiger partial charge in [0.05, 0.1) is 0 Å². The smallest absolute Gasteiger partial charge is 0.329 e. The molecule has 1 aromatic carbocycles. The van der Waals surface area contributed by atoms with E-state index in [1.807, 2.05) is 24.3 Å². The number of aliphatic carboxylic acids is 1. The lowest BCUT2D eigenvalue weighted by Gasteiger charge is -2.50. The van der Waals surface area contributed by atoms with E-state index in [0.29, 0.717) is 12.8 Å². The van der Waals surface area contributed by atoms with Gasteiger partial charge in [-0.2, -0.15) is 0 Å². The fourth-order valence-electron chi connectivity index (χ4n) is 4.23. The van der Waals surface area contributed by atoms with Crippen molar-refractivity contribution in [2.45, 2.75) is 52.5 Å². The highest BCUT2D eigenvalue weighted by Crippen LogP contribution is 2.51. The Morgan fingerprint density at radius 3 is 2.10 bits per heavy atom. The van der Waals surface area contributed by atoms with Crippen molar-refractivity contribution in [3.05, 3.63) is 28.7 Å². The lowest BCUT2D eigenvalue weighted by Crippen LogP contribution is -2.56. The standard InChI is InChI=1S/C17H24BrNO2/c1-15(2)9-16(3,4)11-17(10-15,14(20)21)19-13-8-6-5-7-12(13)18/h5-8,19H,9-11H2,1-4H3,(H,20,21). The second-order valence-corrected chi connectivity index (χ2v) is 8.71. The van der Waals surface area contributed by atoms with Gasteiger partial charge in [0.15, 0.2) is 0 Å². The number of rotatable bonds is 3. The van der Waals surface area contributed by atoms with Gasteiger partial charge in [-0.15, -0.1) is 0 Å². The van der Waals surface area contributed by atoms with Gasteiger partial charge in [-0.05, 0) is 58.2 Å². The van der Waals surface area contributed by atoms with Crippen molar-refractivity contribution >= 4 is 27.6 Å².